The molecule has 0 bridgehead atoms. The van der Waals surface area contributed by atoms with E-state index in [1.54, 1.807) is 0 Å². The van der Waals surface area contributed by atoms with E-state index in [-0.39, 0.29) is 5.91 Å². The van der Waals surface area contributed by atoms with Crippen molar-refractivity contribution in [2.24, 2.45) is 0 Å². The number of amides is 1. The number of carbonyl (C=O) groups is 1. The summed E-state index contributed by atoms with van der Waals surface area (Å²) in [4.78, 5) is 11.3. The van der Waals surface area contributed by atoms with Gasteiger partial charge in [0.05, 0.1) is 0 Å². The second-order valence-electron chi connectivity index (χ2n) is 4.93. The zero-order chi connectivity index (χ0) is 12.8. The fraction of sp³-hybridized carbons (Fsp3) is 0.933. The Morgan fingerprint density at radius 1 is 0.765 bits per heavy atom. The van der Waals surface area contributed by atoms with Crippen molar-refractivity contribution in [3.8, 4) is 0 Å². The van der Waals surface area contributed by atoms with Crippen molar-refractivity contribution in [1.29, 1.82) is 0 Å². The van der Waals surface area contributed by atoms with Gasteiger partial charge in [0, 0.05) is 13.0 Å². The monoisotopic (exact) mass is 241 g/mol. The maximum Gasteiger partial charge on any atom is 0.219 e. The molecule has 0 saturated heterocycles. The molecule has 0 aliphatic heterocycles. The molecule has 0 aromatic heterocycles. The van der Waals surface area contributed by atoms with Gasteiger partial charge in [-0.1, -0.05) is 65.2 Å². The average molecular weight is 241 g/mol. The van der Waals surface area contributed by atoms with Crippen LogP contribution in [0.25, 0.3) is 0 Å². The average Bonchev–Trinajstić information content (AvgIpc) is 2.34. The molecule has 0 aliphatic carbocycles. The number of nitrogens with one attached hydrogen (secondary N) is 1. The lowest BCUT2D eigenvalue weighted by Gasteiger charge is -2.04. The van der Waals surface area contributed by atoms with E-state index >= 15 is 0 Å². The highest BCUT2D eigenvalue weighted by Crippen LogP contribution is 2.07. The predicted molar refractivity (Wildman–Crippen MR) is 75.1 cm³/mol. The summed E-state index contributed by atoms with van der Waals surface area (Å²) in [5, 5.41) is 2.99. The third kappa shape index (κ3) is 13.4. The minimum absolute atomic E-state index is 0.231. The summed E-state index contributed by atoms with van der Waals surface area (Å²) < 4.78 is 0. The number of rotatable bonds is 12. The van der Waals surface area contributed by atoms with Gasteiger partial charge in [-0.2, -0.15) is 0 Å². The van der Waals surface area contributed by atoms with Crippen LogP contribution in [0.2, 0.25) is 0 Å². The third-order valence-electron chi connectivity index (χ3n) is 3.11. The van der Waals surface area contributed by atoms with Gasteiger partial charge in [0.1, 0.15) is 0 Å². The molecule has 102 valence electrons. The lowest BCUT2D eigenvalue weighted by Crippen LogP contribution is -2.23. The van der Waals surface area contributed by atoms with Crippen LogP contribution >= 0.6 is 0 Å². The quantitative estimate of drug-likeness (QED) is 0.503. The smallest absolute Gasteiger partial charge is 0.219 e. The van der Waals surface area contributed by atoms with Crippen molar-refractivity contribution in [3.05, 3.63) is 0 Å². The van der Waals surface area contributed by atoms with Crippen LogP contribution in [0.3, 0.4) is 0 Å². The van der Waals surface area contributed by atoms with Crippen LogP contribution in [-0.2, 0) is 4.79 Å². The Balaban J connectivity index is 3.05. The highest BCUT2D eigenvalue weighted by Gasteiger charge is 1.98. The number of hydrogen-bond donors (Lipinski definition) is 1. The van der Waals surface area contributed by atoms with Crippen LogP contribution in [0.4, 0.5) is 0 Å². The first-order chi connectivity index (χ1) is 8.31. The molecule has 1 N–H and O–H groups in total. The van der Waals surface area contributed by atoms with E-state index in [2.05, 4.69) is 19.2 Å². The lowest BCUT2D eigenvalue weighted by atomic mass is 10.1. The van der Waals surface area contributed by atoms with Gasteiger partial charge in [-0.15, -0.1) is 0 Å². The lowest BCUT2D eigenvalue weighted by molar-refractivity contribution is -0.121. The molecule has 0 rings (SSSR count). The molecule has 2 heteroatoms. The van der Waals surface area contributed by atoms with Gasteiger partial charge in [0.15, 0.2) is 0 Å². The maximum atomic E-state index is 11.3. The van der Waals surface area contributed by atoms with E-state index < -0.39 is 0 Å². The Kier molecular flexibility index (Phi) is 13.1. The standard InChI is InChI=1S/C15H31NO/c1-3-5-7-8-9-10-11-12-14-16-15(17)13-6-4-2/h3-14H2,1-2H3,(H,16,17). The van der Waals surface area contributed by atoms with Gasteiger partial charge in [0.2, 0.25) is 5.91 Å². The highest BCUT2D eigenvalue weighted by atomic mass is 16.1. The van der Waals surface area contributed by atoms with Crippen molar-refractivity contribution < 1.29 is 4.79 Å². The molecule has 0 saturated carbocycles. The number of carbonyl (C=O) groups excluding carboxylic acids is 1. The minimum Gasteiger partial charge on any atom is -0.356 e. The topological polar surface area (TPSA) is 29.1 Å². The summed E-state index contributed by atoms with van der Waals surface area (Å²) in [6, 6.07) is 0. The molecule has 0 radical (unpaired) electrons. The zero-order valence-corrected chi connectivity index (χ0v) is 11.9. The molecule has 0 aliphatic rings. The van der Waals surface area contributed by atoms with Gasteiger partial charge in [-0.25, -0.2) is 0 Å². The SMILES string of the molecule is CCCCCCCCCCNC(=O)CCCC. The summed E-state index contributed by atoms with van der Waals surface area (Å²) >= 11 is 0. The first-order valence-corrected chi connectivity index (χ1v) is 7.58. The molecule has 2 nitrogen and oxygen atoms in total. The molecule has 0 heterocycles. The van der Waals surface area contributed by atoms with Crippen LogP contribution in [-0.4, -0.2) is 12.5 Å². The first-order valence-electron chi connectivity index (χ1n) is 7.58. The van der Waals surface area contributed by atoms with E-state index in [1.807, 2.05) is 0 Å². The Morgan fingerprint density at radius 2 is 1.29 bits per heavy atom. The number of hydrogen-bond acceptors (Lipinski definition) is 1. The van der Waals surface area contributed by atoms with Crippen molar-refractivity contribution in [2.45, 2.75) is 84.5 Å². The third-order valence-corrected chi connectivity index (χ3v) is 3.11. The number of unbranched alkanes of at least 4 members (excludes halogenated alkanes) is 8. The summed E-state index contributed by atoms with van der Waals surface area (Å²) in [5.74, 6) is 0.231. The molecule has 0 fully saturated rings. The van der Waals surface area contributed by atoms with Gasteiger partial charge in [0.25, 0.3) is 0 Å². The Labute approximate surface area is 108 Å². The summed E-state index contributed by atoms with van der Waals surface area (Å²) in [6.45, 7) is 5.24. The van der Waals surface area contributed by atoms with Gasteiger partial charge < -0.3 is 5.32 Å². The largest absolute Gasteiger partial charge is 0.356 e. The molecule has 1 amide bonds. The van der Waals surface area contributed by atoms with E-state index in [1.165, 1.54) is 44.9 Å². The summed E-state index contributed by atoms with van der Waals surface area (Å²) in [7, 11) is 0. The van der Waals surface area contributed by atoms with Gasteiger partial charge in [-0.05, 0) is 12.8 Å². The summed E-state index contributed by atoms with van der Waals surface area (Å²) in [5.41, 5.74) is 0. The molecule has 0 aromatic carbocycles. The van der Waals surface area contributed by atoms with Crippen molar-refractivity contribution in [1.82, 2.24) is 5.32 Å². The second-order valence-corrected chi connectivity index (χ2v) is 4.93. The molecule has 0 atom stereocenters. The van der Waals surface area contributed by atoms with Crippen LogP contribution < -0.4 is 5.32 Å². The maximum absolute atomic E-state index is 11.3. The zero-order valence-electron chi connectivity index (χ0n) is 11.9. The fourth-order valence-electron chi connectivity index (χ4n) is 1.91. The van der Waals surface area contributed by atoms with E-state index in [4.69, 9.17) is 0 Å². The van der Waals surface area contributed by atoms with Gasteiger partial charge in [-0.3, -0.25) is 4.79 Å². The van der Waals surface area contributed by atoms with E-state index in [9.17, 15) is 4.79 Å². The molecular weight excluding hydrogens is 210 g/mol. The van der Waals surface area contributed by atoms with E-state index in [0.717, 1.165) is 25.8 Å². The van der Waals surface area contributed by atoms with Gasteiger partial charge >= 0.3 is 0 Å². The summed E-state index contributed by atoms with van der Waals surface area (Å²) in [6.07, 6.45) is 13.4. The minimum atomic E-state index is 0.231. The van der Waals surface area contributed by atoms with Crippen LogP contribution in [0.1, 0.15) is 84.5 Å². The Hall–Kier alpha value is -0.530. The highest BCUT2D eigenvalue weighted by molar-refractivity contribution is 5.75. The van der Waals surface area contributed by atoms with Crippen molar-refractivity contribution >= 4 is 5.91 Å². The molecular formula is C15H31NO. The first kappa shape index (κ1) is 16.5. The Bertz CT molecular complexity index is 168. The van der Waals surface area contributed by atoms with E-state index in [0.29, 0.717) is 6.42 Å². The van der Waals surface area contributed by atoms with Crippen LogP contribution in [0.15, 0.2) is 0 Å². The van der Waals surface area contributed by atoms with Crippen LogP contribution in [0, 0.1) is 0 Å². The molecule has 0 spiro atoms. The van der Waals surface area contributed by atoms with Crippen molar-refractivity contribution in [2.75, 3.05) is 6.54 Å². The Morgan fingerprint density at radius 3 is 1.88 bits per heavy atom. The molecule has 0 aromatic rings. The predicted octanol–water partition coefficient (Wildman–Crippen LogP) is 4.43. The van der Waals surface area contributed by atoms with Crippen LogP contribution in [0.5, 0.6) is 0 Å². The molecule has 17 heavy (non-hydrogen) atoms. The normalized spacial score (nSPS) is 10.5. The fourth-order valence-corrected chi connectivity index (χ4v) is 1.91. The molecule has 0 unspecified atom stereocenters. The van der Waals surface area contributed by atoms with Crippen molar-refractivity contribution in [3.63, 3.8) is 0 Å². The second kappa shape index (κ2) is 13.5.